The Labute approximate surface area is 121 Å². The average Bonchev–Trinajstić information content (AvgIpc) is 2.47. The Hall–Kier alpha value is -1.85. The summed E-state index contributed by atoms with van der Waals surface area (Å²) in [5.74, 6) is 0. The second-order valence-corrected chi connectivity index (χ2v) is 4.75. The molecule has 0 aliphatic carbocycles. The molecule has 2 aromatic carbocycles. The van der Waals surface area contributed by atoms with E-state index in [1.54, 1.807) is 0 Å². The number of benzene rings is 2. The van der Waals surface area contributed by atoms with E-state index in [2.05, 4.69) is 5.32 Å². The lowest BCUT2D eigenvalue weighted by molar-refractivity contribution is -0.137. The van der Waals surface area contributed by atoms with Crippen LogP contribution in [-0.4, -0.2) is 11.7 Å². The second-order valence-electron chi connectivity index (χ2n) is 4.75. The number of rotatable bonds is 5. The molecule has 0 radical (unpaired) electrons. The van der Waals surface area contributed by atoms with Crippen molar-refractivity contribution in [2.24, 2.45) is 0 Å². The van der Waals surface area contributed by atoms with Gasteiger partial charge in [-0.2, -0.15) is 13.2 Å². The fourth-order valence-electron chi connectivity index (χ4n) is 1.96. The van der Waals surface area contributed by atoms with E-state index in [-0.39, 0.29) is 0 Å². The molecule has 0 aliphatic heterocycles. The number of nitrogens with one attached hydrogen (secondary N) is 1. The molecule has 0 saturated heterocycles. The normalized spacial score (nSPS) is 13.1. The molecule has 2 N–H and O–H groups in total. The second kappa shape index (κ2) is 6.74. The maximum absolute atomic E-state index is 12.4. The predicted molar refractivity (Wildman–Crippen MR) is 74.6 cm³/mol. The Morgan fingerprint density at radius 3 is 2.14 bits per heavy atom. The number of aliphatic hydroxyl groups is 1. The first-order valence-electron chi connectivity index (χ1n) is 6.56. The minimum absolute atomic E-state index is 0.338. The van der Waals surface area contributed by atoms with Crippen LogP contribution in [0.3, 0.4) is 0 Å². The van der Waals surface area contributed by atoms with Gasteiger partial charge >= 0.3 is 6.18 Å². The zero-order chi connectivity index (χ0) is 15.3. The van der Waals surface area contributed by atoms with Crippen molar-refractivity contribution in [3.8, 4) is 0 Å². The van der Waals surface area contributed by atoms with Crippen molar-refractivity contribution < 1.29 is 18.3 Å². The average molecular weight is 295 g/mol. The molecular formula is C16H16F3NO. The minimum Gasteiger partial charge on any atom is -0.387 e. The molecule has 0 heterocycles. The van der Waals surface area contributed by atoms with E-state index >= 15 is 0 Å². The maximum atomic E-state index is 12.4. The van der Waals surface area contributed by atoms with Gasteiger partial charge in [-0.15, -0.1) is 0 Å². The van der Waals surface area contributed by atoms with Crippen LogP contribution in [0, 0.1) is 0 Å². The van der Waals surface area contributed by atoms with Gasteiger partial charge in [0.1, 0.15) is 0 Å². The molecule has 0 bridgehead atoms. The van der Waals surface area contributed by atoms with Gasteiger partial charge in [0, 0.05) is 13.1 Å². The predicted octanol–water partition coefficient (Wildman–Crippen LogP) is 3.53. The molecule has 5 heteroatoms. The number of alkyl halides is 3. The molecule has 112 valence electrons. The van der Waals surface area contributed by atoms with E-state index in [0.717, 1.165) is 23.3 Å². The van der Waals surface area contributed by atoms with Crippen LogP contribution in [0.15, 0.2) is 54.6 Å². The molecular weight excluding hydrogens is 279 g/mol. The number of halogens is 3. The summed E-state index contributed by atoms with van der Waals surface area (Å²) in [5.41, 5.74) is 0.885. The molecule has 2 aromatic rings. The smallest absolute Gasteiger partial charge is 0.387 e. The van der Waals surface area contributed by atoms with Gasteiger partial charge in [-0.05, 0) is 23.3 Å². The maximum Gasteiger partial charge on any atom is 0.416 e. The third kappa shape index (κ3) is 4.58. The lowest BCUT2D eigenvalue weighted by Gasteiger charge is -2.12. The number of hydrogen-bond donors (Lipinski definition) is 2. The van der Waals surface area contributed by atoms with Crippen LogP contribution in [0.4, 0.5) is 13.2 Å². The van der Waals surface area contributed by atoms with Gasteiger partial charge in [-0.3, -0.25) is 0 Å². The van der Waals surface area contributed by atoms with Crippen LogP contribution in [0.2, 0.25) is 0 Å². The summed E-state index contributed by atoms with van der Waals surface area (Å²) in [5, 5.41) is 13.0. The topological polar surface area (TPSA) is 32.3 Å². The Bertz CT molecular complexity index is 552. The molecule has 21 heavy (non-hydrogen) atoms. The summed E-state index contributed by atoms with van der Waals surface area (Å²) >= 11 is 0. The van der Waals surface area contributed by atoms with Crippen molar-refractivity contribution in [1.82, 2.24) is 5.32 Å². The first-order chi connectivity index (χ1) is 9.97. The van der Waals surface area contributed by atoms with Crippen molar-refractivity contribution in [2.75, 3.05) is 6.54 Å². The van der Waals surface area contributed by atoms with Crippen LogP contribution in [-0.2, 0) is 12.7 Å². The molecule has 2 nitrogen and oxygen atoms in total. The van der Waals surface area contributed by atoms with Gasteiger partial charge in [-0.25, -0.2) is 0 Å². The minimum atomic E-state index is -4.31. The van der Waals surface area contributed by atoms with Gasteiger partial charge in [0.05, 0.1) is 11.7 Å². The third-order valence-electron chi connectivity index (χ3n) is 3.13. The molecule has 2 rings (SSSR count). The van der Waals surface area contributed by atoms with Crippen LogP contribution in [0.1, 0.15) is 22.8 Å². The van der Waals surface area contributed by atoms with Crippen LogP contribution in [0.25, 0.3) is 0 Å². The summed E-state index contributed by atoms with van der Waals surface area (Å²) in [6, 6.07) is 14.2. The van der Waals surface area contributed by atoms with Gasteiger partial charge in [0.15, 0.2) is 0 Å². The molecule has 0 aromatic heterocycles. The summed E-state index contributed by atoms with van der Waals surface area (Å²) in [6.45, 7) is 0.743. The fraction of sp³-hybridized carbons (Fsp3) is 0.250. The summed E-state index contributed by atoms with van der Waals surface area (Å²) in [7, 11) is 0. The fourth-order valence-corrected chi connectivity index (χ4v) is 1.96. The monoisotopic (exact) mass is 295 g/mol. The molecule has 0 fully saturated rings. The lowest BCUT2D eigenvalue weighted by Crippen LogP contribution is -2.21. The molecule has 0 saturated carbocycles. The van der Waals surface area contributed by atoms with E-state index < -0.39 is 17.8 Å². The van der Waals surface area contributed by atoms with Crippen molar-refractivity contribution in [3.05, 3.63) is 71.3 Å². The standard InChI is InChI=1S/C16H16F3NO/c17-16(18,19)14-8-6-12(7-9-14)10-20-11-15(21)13-4-2-1-3-5-13/h1-9,15,20-21H,10-11H2/t15-/m0/s1. The van der Waals surface area contributed by atoms with E-state index in [4.69, 9.17) is 0 Å². The zero-order valence-corrected chi connectivity index (χ0v) is 11.3. The van der Waals surface area contributed by atoms with E-state index in [0.29, 0.717) is 13.1 Å². The van der Waals surface area contributed by atoms with Crippen molar-refractivity contribution >= 4 is 0 Å². The Morgan fingerprint density at radius 2 is 1.57 bits per heavy atom. The van der Waals surface area contributed by atoms with Crippen LogP contribution >= 0.6 is 0 Å². The Balaban J connectivity index is 1.84. The van der Waals surface area contributed by atoms with E-state index in [9.17, 15) is 18.3 Å². The SMILES string of the molecule is O[C@@H](CNCc1ccc(C(F)(F)F)cc1)c1ccccc1. The van der Waals surface area contributed by atoms with Crippen molar-refractivity contribution in [2.45, 2.75) is 18.8 Å². The lowest BCUT2D eigenvalue weighted by atomic mass is 10.1. The van der Waals surface area contributed by atoms with Crippen LogP contribution in [0.5, 0.6) is 0 Å². The highest BCUT2D eigenvalue weighted by Crippen LogP contribution is 2.29. The molecule has 0 spiro atoms. The van der Waals surface area contributed by atoms with Gasteiger partial charge in [-0.1, -0.05) is 42.5 Å². The first-order valence-corrected chi connectivity index (χ1v) is 6.56. The Morgan fingerprint density at radius 1 is 0.952 bits per heavy atom. The largest absolute Gasteiger partial charge is 0.416 e. The van der Waals surface area contributed by atoms with Gasteiger partial charge in [0.25, 0.3) is 0 Å². The number of hydrogen-bond acceptors (Lipinski definition) is 2. The number of aliphatic hydroxyl groups excluding tert-OH is 1. The Kier molecular flexibility index (Phi) is 4.98. The van der Waals surface area contributed by atoms with Gasteiger partial charge < -0.3 is 10.4 Å². The molecule has 0 amide bonds. The first kappa shape index (κ1) is 15.5. The van der Waals surface area contributed by atoms with Crippen LogP contribution < -0.4 is 5.32 Å². The summed E-state index contributed by atoms with van der Waals surface area (Å²) in [4.78, 5) is 0. The molecule has 0 aliphatic rings. The highest BCUT2D eigenvalue weighted by Gasteiger charge is 2.29. The highest BCUT2D eigenvalue weighted by atomic mass is 19.4. The quantitative estimate of drug-likeness (QED) is 0.884. The van der Waals surface area contributed by atoms with Crippen molar-refractivity contribution in [1.29, 1.82) is 0 Å². The zero-order valence-electron chi connectivity index (χ0n) is 11.3. The summed E-state index contributed by atoms with van der Waals surface area (Å²) < 4.78 is 37.2. The van der Waals surface area contributed by atoms with E-state index in [1.807, 2.05) is 30.3 Å². The highest BCUT2D eigenvalue weighted by molar-refractivity contribution is 5.24. The van der Waals surface area contributed by atoms with E-state index in [1.165, 1.54) is 12.1 Å². The third-order valence-corrected chi connectivity index (χ3v) is 3.13. The van der Waals surface area contributed by atoms with Gasteiger partial charge in [0.2, 0.25) is 0 Å². The molecule has 1 atom stereocenters. The molecule has 0 unspecified atom stereocenters. The van der Waals surface area contributed by atoms with Crippen molar-refractivity contribution in [3.63, 3.8) is 0 Å². The summed E-state index contributed by atoms with van der Waals surface area (Å²) in [6.07, 6.45) is -4.95.